The normalized spacial score (nSPS) is 17.2. The van der Waals surface area contributed by atoms with E-state index in [1.807, 2.05) is 13.8 Å². The van der Waals surface area contributed by atoms with E-state index in [1.165, 1.54) is 13.2 Å². The molecule has 0 bridgehead atoms. The van der Waals surface area contributed by atoms with Gasteiger partial charge in [0.05, 0.1) is 25.4 Å². The largest absolute Gasteiger partial charge is 0.494 e. The number of sulfonamides is 1. The quantitative estimate of drug-likeness (QED) is 0.482. The fraction of sp³-hybridized carbons (Fsp3) is 0.611. The lowest BCUT2D eigenvalue weighted by Gasteiger charge is -2.25. The molecule has 0 amide bonds. The van der Waals surface area contributed by atoms with Crippen LogP contribution in [0.2, 0.25) is 0 Å². The Bertz CT molecular complexity index is 768. The Morgan fingerprint density at radius 1 is 1.39 bits per heavy atom. The molecule has 28 heavy (non-hydrogen) atoms. The highest BCUT2D eigenvalue weighted by atomic mass is 32.2. The maximum Gasteiger partial charge on any atom is 0.215 e. The molecular formula is C18H29FN4O3S2. The van der Waals surface area contributed by atoms with Crippen molar-refractivity contribution < 1.29 is 17.5 Å². The summed E-state index contributed by atoms with van der Waals surface area (Å²) >= 11 is 1.77. The number of ether oxygens (including phenoxy) is 1. The Balaban J connectivity index is 1.98. The van der Waals surface area contributed by atoms with Crippen molar-refractivity contribution in [3.63, 3.8) is 0 Å². The van der Waals surface area contributed by atoms with Crippen molar-refractivity contribution in [2.24, 2.45) is 4.99 Å². The van der Waals surface area contributed by atoms with Crippen molar-refractivity contribution in [2.75, 3.05) is 50.5 Å². The second kappa shape index (κ2) is 10.9. The number of hydrogen-bond acceptors (Lipinski definition) is 5. The molecule has 7 nitrogen and oxygen atoms in total. The third-order valence-electron chi connectivity index (χ3n) is 4.36. The van der Waals surface area contributed by atoms with Crippen LogP contribution in [0.25, 0.3) is 0 Å². The first-order valence-electron chi connectivity index (χ1n) is 9.31. The smallest absolute Gasteiger partial charge is 0.215 e. The first kappa shape index (κ1) is 22.8. The van der Waals surface area contributed by atoms with Crippen LogP contribution in [-0.4, -0.2) is 69.2 Å². The molecule has 2 rings (SSSR count). The summed E-state index contributed by atoms with van der Waals surface area (Å²) in [5.41, 5.74) is 0.738. The van der Waals surface area contributed by atoms with E-state index in [1.54, 1.807) is 28.2 Å². The lowest BCUT2D eigenvalue weighted by atomic mass is 10.1. The van der Waals surface area contributed by atoms with Crippen LogP contribution in [0, 0.1) is 5.82 Å². The molecule has 1 heterocycles. The van der Waals surface area contributed by atoms with Gasteiger partial charge in [-0.15, -0.1) is 0 Å². The Morgan fingerprint density at radius 2 is 2.11 bits per heavy atom. The molecule has 1 unspecified atom stereocenters. The van der Waals surface area contributed by atoms with E-state index in [9.17, 15) is 12.8 Å². The number of methoxy groups -OCH3 is 1. The number of nitrogens with one attached hydrogen (secondary N) is 2. The molecule has 158 valence electrons. The van der Waals surface area contributed by atoms with E-state index in [0.29, 0.717) is 25.6 Å². The van der Waals surface area contributed by atoms with Gasteiger partial charge in [0.25, 0.3) is 0 Å². The van der Waals surface area contributed by atoms with Crippen LogP contribution in [0.1, 0.15) is 25.5 Å². The van der Waals surface area contributed by atoms with Crippen LogP contribution in [0.5, 0.6) is 5.75 Å². The minimum absolute atomic E-state index is 0.0280. The van der Waals surface area contributed by atoms with Crippen LogP contribution in [0.15, 0.2) is 23.2 Å². The average Bonchev–Trinajstić information content (AvgIpc) is 2.68. The zero-order valence-electron chi connectivity index (χ0n) is 16.6. The first-order valence-corrected chi connectivity index (χ1v) is 12.1. The summed E-state index contributed by atoms with van der Waals surface area (Å²) in [5.74, 6) is 1.90. The fourth-order valence-electron chi connectivity index (χ4n) is 2.79. The predicted octanol–water partition coefficient (Wildman–Crippen LogP) is 1.83. The molecule has 0 spiro atoms. The van der Waals surface area contributed by atoms with E-state index >= 15 is 0 Å². The summed E-state index contributed by atoms with van der Waals surface area (Å²) in [5, 5.41) is 6.28. The maximum atomic E-state index is 13.9. The number of guanidine groups is 1. The van der Waals surface area contributed by atoms with Crippen LogP contribution >= 0.6 is 11.8 Å². The summed E-state index contributed by atoms with van der Waals surface area (Å²) in [7, 11) is -1.87. The summed E-state index contributed by atoms with van der Waals surface area (Å²) in [6.07, 6.45) is 0. The molecule has 1 aliphatic heterocycles. The van der Waals surface area contributed by atoms with Gasteiger partial charge in [-0.1, -0.05) is 6.07 Å². The van der Waals surface area contributed by atoms with Gasteiger partial charge in [-0.05, 0) is 31.5 Å². The summed E-state index contributed by atoms with van der Waals surface area (Å²) < 4.78 is 45.3. The Kier molecular flexibility index (Phi) is 8.84. The SMILES string of the molecule is CCNC(=NCCS(=O)(=O)N1CCSCC1)NC(C)c1ccc(OC)c(F)c1. The van der Waals surface area contributed by atoms with Gasteiger partial charge in [-0.2, -0.15) is 11.8 Å². The van der Waals surface area contributed by atoms with E-state index < -0.39 is 15.8 Å². The molecule has 1 saturated heterocycles. The van der Waals surface area contributed by atoms with Crippen LogP contribution in [0.3, 0.4) is 0 Å². The molecule has 1 fully saturated rings. The van der Waals surface area contributed by atoms with Crippen LogP contribution in [0.4, 0.5) is 4.39 Å². The van der Waals surface area contributed by atoms with Gasteiger partial charge in [-0.3, -0.25) is 4.99 Å². The highest BCUT2D eigenvalue weighted by molar-refractivity contribution is 7.99. The number of rotatable bonds is 8. The number of aliphatic imine (C=N–C) groups is 1. The van der Waals surface area contributed by atoms with Gasteiger partial charge >= 0.3 is 0 Å². The molecule has 10 heteroatoms. The standard InChI is InChI=1S/C18H29FN4O3S2/c1-4-20-18(21-7-12-28(24,25)23-8-10-27-11-9-23)22-14(2)15-5-6-17(26-3)16(19)13-15/h5-6,13-14H,4,7-12H2,1-3H3,(H2,20,21,22). The molecule has 2 N–H and O–H groups in total. The predicted molar refractivity (Wildman–Crippen MR) is 113 cm³/mol. The Labute approximate surface area is 171 Å². The molecule has 0 aliphatic carbocycles. The second-order valence-corrected chi connectivity index (χ2v) is 9.66. The monoisotopic (exact) mass is 432 g/mol. The Morgan fingerprint density at radius 3 is 2.71 bits per heavy atom. The van der Waals surface area contributed by atoms with Gasteiger partial charge in [-0.25, -0.2) is 17.1 Å². The second-order valence-electron chi connectivity index (χ2n) is 6.35. The molecule has 0 radical (unpaired) electrons. The van der Waals surface area contributed by atoms with Gasteiger partial charge in [0, 0.05) is 31.1 Å². The first-order chi connectivity index (χ1) is 13.4. The molecule has 0 aromatic heterocycles. The van der Waals surface area contributed by atoms with E-state index in [-0.39, 0.29) is 24.1 Å². The van der Waals surface area contributed by atoms with Gasteiger partial charge in [0.15, 0.2) is 17.5 Å². The highest BCUT2D eigenvalue weighted by Crippen LogP contribution is 2.21. The van der Waals surface area contributed by atoms with E-state index in [0.717, 1.165) is 17.1 Å². The lowest BCUT2D eigenvalue weighted by Crippen LogP contribution is -2.41. The van der Waals surface area contributed by atoms with Crippen molar-refractivity contribution in [3.05, 3.63) is 29.6 Å². The van der Waals surface area contributed by atoms with Crippen LogP contribution in [-0.2, 0) is 10.0 Å². The zero-order chi connectivity index (χ0) is 20.6. The highest BCUT2D eigenvalue weighted by Gasteiger charge is 2.23. The molecule has 1 atom stereocenters. The number of thioether (sulfide) groups is 1. The van der Waals surface area contributed by atoms with Crippen molar-refractivity contribution in [1.29, 1.82) is 0 Å². The third-order valence-corrected chi connectivity index (χ3v) is 7.15. The van der Waals surface area contributed by atoms with Gasteiger partial charge in [0.2, 0.25) is 10.0 Å². The molecular weight excluding hydrogens is 403 g/mol. The zero-order valence-corrected chi connectivity index (χ0v) is 18.2. The topological polar surface area (TPSA) is 83.0 Å². The fourth-order valence-corrected chi connectivity index (χ4v) is 5.24. The van der Waals surface area contributed by atoms with Gasteiger partial charge < -0.3 is 15.4 Å². The number of hydrogen-bond donors (Lipinski definition) is 2. The van der Waals surface area contributed by atoms with Gasteiger partial charge in [0.1, 0.15) is 0 Å². The molecule has 0 saturated carbocycles. The summed E-state index contributed by atoms with van der Waals surface area (Å²) in [4.78, 5) is 4.38. The van der Waals surface area contributed by atoms with Crippen molar-refractivity contribution in [3.8, 4) is 5.75 Å². The third kappa shape index (κ3) is 6.52. The number of benzene rings is 1. The van der Waals surface area contributed by atoms with Crippen LogP contribution < -0.4 is 15.4 Å². The van der Waals surface area contributed by atoms with Crippen molar-refractivity contribution in [1.82, 2.24) is 14.9 Å². The number of halogens is 1. The lowest BCUT2D eigenvalue weighted by molar-refractivity contribution is 0.386. The van der Waals surface area contributed by atoms with Crippen molar-refractivity contribution in [2.45, 2.75) is 19.9 Å². The van der Waals surface area contributed by atoms with E-state index in [4.69, 9.17) is 4.74 Å². The molecule has 1 aromatic carbocycles. The summed E-state index contributed by atoms with van der Waals surface area (Å²) in [6.45, 7) is 5.73. The summed E-state index contributed by atoms with van der Waals surface area (Å²) in [6, 6.07) is 4.56. The Hall–Kier alpha value is -1.52. The van der Waals surface area contributed by atoms with Crippen molar-refractivity contribution >= 4 is 27.7 Å². The van der Waals surface area contributed by atoms with E-state index in [2.05, 4.69) is 15.6 Å². The maximum absolute atomic E-state index is 13.9. The minimum atomic E-state index is -3.29. The molecule has 1 aromatic rings. The average molecular weight is 433 g/mol. The molecule has 1 aliphatic rings. The minimum Gasteiger partial charge on any atom is -0.494 e. The number of nitrogens with zero attached hydrogens (tertiary/aromatic N) is 2.